The second kappa shape index (κ2) is 10.3. The highest BCUT2D eigenvalue weighted by Crippen LogP contribution is 2.42. The van der Waals surface area contributed by atoms with E-state index in [1.54, 1.807) is 12.1 Å². The van der Waals surface area contributed by atoms with E-state index in [4.69, 9.17) is 14.4 Å². The van der Waals surface area contributed by atoms with Gasteiger partial charge < -0.3 is 9.52 Å². The predicted octanol–water partition coefficient (Wildman–Crippen LogP) is 11.0. The molecule has 0 amide bonds. The minimum Gasteiger partial charge on any atom is -0.507 e. The Kier molecular flexibility index (Phi) is 6.96. The Bertz CT molecular complexity index is 2030. The van der Waals surface area contributed by atoms with Gasteiger partial charge in [0, 0.05) is 22.7 Å². The van der Waals surface area contributed by atoms with E-state index < -0.39 is 0 Å². The lowest BCUT2D eigenvalue weighted by Crippen LogP contribution is -2.13. The number of phenolic OH excluding ortho intramolecular Hbond substituents is 1. The van der Waals surface area contributed by atoms with Gasteiger partial charge in [0.25, 0.3) is 0 Å². The van der Waals surface area contributed by atoms with Crippen LogP contribution in [0.25, 0.3) is 55.7 Å². The van der Waals surface area contributed by atoms with Crippen molar-refractivity contribution in [3.63, 3.8) is 0 Å². The highest BCUT2D eigenvalue weighted by molar-refractivity contribution is 5.98. The Morgan fingerprint density at radius 2 is 1.14 bits per heavy atom. The van der Waals surface area contributed by atoms with Crippen molar-refractivity contribution in [2.45, 2.75) is 78.6 Å². The summed E-state index contributed by atoms with van der Waals surface area (Å²) in [6.07, 6.45) is 1.88. The van der Waals surface area contributed by atoms with Crippen LogP contribution in [0.3, 0.4) is 0 Å². The number of benzene rings is 4. The number of aromatic nitrogens is 2. The number of rotatable bonds is 3. The molecule has 0 unspecified atom stereocenters. The third kappa shape index (κ3) is 5.50. The monoisotopic (exact) mass is 582 g/mol. The smallest absolute Gasteiger partial charge is 0.231 e. The van der Waals surface area contributed by atoms with Gasteiger partial charge in [0.05, 0.1) is 11.1 Å². The summed E-state index contributed by atoms with van der Waals surface area (Å²) in [7, 11) is 0. The van der Waals surface area contributed by atoms with Crippen LogP contribution in [0.4, 0.5) is 0 Å². The predicted molar refractivity (Wildman–Crippen MR) is 183 cm³/mol. The fourth-order valence-corrected chi connectivity index (χ4v) is 5.67. The van der Waals surface area contributed by atoms with E-state index in [0.717, 1.165) is 44.2 Å². The molecule has 4 heteroatoms. The molecule has 0 aliphatic rings. The number of pyridine rings is 1. The lowest BCUT2D eigenvalue weighted by Gasteiger charge is -2.24. The molecule has 0 spiro atoms. The first-order chi connectivity index (χ1) is 20.6. The molecule has 4 aromatic carbocycles. The molecule has 0 saturated carbocycles. The van der Waals surface area contributed by atoms with E-state index in [9.17, 15) is 5.11 Å². The molecule has 0 aliphatic carbocycles. The van der Waals surface area contributed by atoms with Gasteiger partial charge in [-0.2, -0.15) is 0 Å². The van der Waals surface area contributed by atoms with Crippen molar-refractivity contribution >= 4 is 22.0 Å². The second-order valence-corrected chi connectivity index (χ2v) is 15.1. The van der Waals surface area contributed by atoms with E-state index in [1.807, 2.05) is 24.4 Å². The van der Waals surface area contributed by atoms with Crippen LogP contribution in [0, 0.1) is 0 Å². The molecule has 0 radical (unpaired) electrons. The third-order valence-corrected chi connectivity index (χ3v) is 8.49. The van der Waals surface area contributed by atoms with Crippen LogP contribution < -0.4 is 0 Å². The van der Waals surface area contributed by atoms with Gasteiger partial charge in [0.1, 0.15) is 11.3 Å². The first kappa shape index (κ1) is 29.6. The Morgan fingerprint density at radius 3 is 1.75 bits per heavy atom. The number of para-hydroxylation sites is 1. The molecule has 2 aromatic heterocycles. The molecule has 6 aromatic rings. The van der Waals surface area contributed by atoms with Crippen LogP contribution in [0.2, 0.25) is 0 Å². The molecular weight excluding hydrogens is 540 g/mol. The van der Waals surface area contributed by atoms with Crippen LogP contribution in [-0.4, -0.2) is 15.1 Å². The molecule has 0 aliphatic heterocycles. The summed E-state index contributed by atoms with van der Waals surface area (Å²) in [5, 5.41) is 11.7. The fraction of sp³-hybridized carbons (Fsp3) is 0.300. The van der Waals surface area contributed by atoms with Gasteiger partial charge in [-0.25, -0.2) is 4.98 Å². The summed E-state index contributed by atoms with van der Waals surface area (Å²) in [6.45, 7) is 20.2. The molecule has 0 atom stereocenters. The van der Waals surface area contributed by atoms with Crippen LogP contribution >= 0.6 is 0 Å². The molecular formula is C40H42N2O2. The maximum Gasteiger partial charge on any atom is 0.231 e. The van der Waals surface area contributed by atoms with E-state index >= 15 is 0 Å². The van der Waals surface area contributed by atoms with Crippen LogP contribution in [0.1, 0.15) is 79.0 Å². The zero-order valence-electron chi connectivity index (χ0n) is 27.3. The van der Waals surface area contributed by atoms with Crippen molar-refractivity contribution in [1.82, 2.24) is 9.97 Å². The zero-order valence-corrected chi connectivity index (χ0v) is 27.3. The van der Waals surface area contributed by atoms with Crippen molar-refractivity contribution in [3.8, 4) is 39.5 Å². The summed E-state index contributed by atoms with van der Waals surface area (Å²) in [5.74, 6) is 0.553. The van der Waals surface area contributed by atoms with Gasteiger partial charge in [-0.05, 0) is 92.6 Å². The first-order valence-electron chi connectivity index (χ1n) is 15.4. The molecule has 44 heavy (non-hydrogen) atoms. The standard InChI is InChI=1S/C40H42N2O2/c1-38(2,3)27-19-25(31-21-28(39(4,5)6)18-24-13-12-16-41-35(24)31)17-26(20-27)32-22-29(40(7,8)9)23-34-36(32)42-37(44-34)30-14-10-11-15-33(30)43/h10-23,43H,1-9H3. The Hall–Kier alpha value is -4.44. The van der Waals surface area contributed by atoms with Gasteiger partial charge in [0.2, 0.25) is 5.89 Å². The Labute approximate surface area is 260 Å². The molecule has 224 valence electrons. The molecule has 6 rings (SSSR count). The molecule has 0 bridgehead atoms. The molecule has 4 nitrogen and oxygen atoms in total. The normalized spacial score (nSPS) is 12.8. The number of phenols is 1. The van der Waals surface area contributed by atoms with E-state index in [0.29, 0.717) is 17.0 Å². The van der Waals surface area contributed by atoms with Gasteiger partial charge in [-0.3, -0.25) is 4.98 Å². The number of aromatic hydroxyl groups is 1. The van der Waals surface area contributed by atoms with Crippen LogP contribution in [-0.2, 0) is 16.2 Å². The molecule has 1 N–H and O–H groups in total. The SMILES string of the molecule is CC(C)(C)c1cc(-c2cc(C(C)(C)C)cc3cccnc23)cc(-c2cc(C(C)(C)C)cc3oc(-c4ccccc4O)nc23)c1. The minimum atomic E-state index is -0.115. The maximum absolute atomic E-state index is 10.6. The Balaban J connectivity index is 1.68. The van der Waals surface area contributed by atoms with E-state index in [-0.39, 0.29) is 22.0 Å². The quantitative estimate of drug-likeness (QED) is 0.225. The maximum atomic E-state index is 10.6. The number of oxazole rings is 1. The van der Waals surface area contributed by atoms with Crippen molar-refractivity contribution in [2.24, 2.45) is 0 Å². The minimum absolute atomic E-state index is 0.0173. The summed E-state index contributed by atoms with van der Waals surface area (Å²) in [4.78, 5) is 9.86. The summed E-state index contributed by atoms with van der Waals surface area (Å²) in [6, 6.07) is 27.2. The van der Waals surface area contributed by atoms with Gasteiger partial charge in [-0.1, -0.05) is 92.6 Å². The number of hydrogen-bond acceptors (Lipinski definition) is 4. The van der Waals surface area contributed by atoms with Crippen molar-refractivity contribution in [3.05, 3.63) is 102 Å². The zero-order chi connectivity index (χ0) is 31.6. The molecule has 0 saturated heterocycles. The van der Waals surface area contributed by atoms with Crippen molar-refractivity contribution < 1.29 is 9.52 Å². The summed E-state index contributed by atoms with van der Waals surface area (Å²) in [5.41, 5.74) is 10.8. The Morgan fingerprint density at radius 1 is 0.568 bits per heavy atom. The summed E-state index contributed by atoms with van der Waals surface area (Å²) < 4.78 is 6.38. The van der Waals surface area contributed by atoms with Gasteiger partial charge in [0.15, 0.2) is 5.58 Å². The highest BCUT2D eigenvalue weighted by atomic mass is 16.3. The fourth-order valence-electron chi connectivity index (χ4n) is 5.67. The topological polar surface area (TPSA) is 59.2 Å². The van der Waals surface area contributed by atoms with E-state index in [2.05, 4.69) is 111 Å². The van der Waals surface area contributed by atoms with Crippen LogP contribution in [0.15, 0.2) is 89.5 Å². The first-order valence-corrected chi connectivity index (χ1v) is 15.4. The lowest BCUT2D eigenvalue weighted by molar-refractivity contribution is 0.474. The van der Waals surface area contributed by atoms with Crippen LogP contribution in [0.5, 0.6) is 5.75 Å². The largest absolute Gasteiger partial charge is 0.507 e. The van der Waals surface area contributed by atoms with Gasteiger partial charge >= 0.3 is 0 Å². The number of fused-ring (bicyclic) bond motifs is 2. The average Bonchev–Trinajstić information content (AvgIpc) is 3.39. The van der Waals surface area contributed by atoms with E-state index in [1.165, 1.54) is 11.1 Å². The second-order valence-electron chi connectivity index (χ2n) is 15.1. The number of hydrogen-bond donors (Lipinski definition) is 1. The average molecular weight is 583 g/mol. The highest BCUT2D eigenvalue weighted by Gasteiger charge is 2.24. The molecule has 2 heterocycles. The number of nitrogens with zero attached hydrogens (tertiary/aromatic N) is 2. The molecule has 0 fully saturated rings. The van der Waals surface area contributed by atoms with Gasteiger partial charge in [-0.15, -0.1) is 0 Å². The summed E-state index contributed by atoms with van der Waals surface area (Å²) >= 11 is 0. The van der Waals surface area contributed by atoms with Crippen molar-refractivity contribution in [1.29, 1.82) is 0 Å². The third-order valence-electron chi connectivity index (χ3n) is 8.49. The lowest BCUT2D eigenvalue weighted by atomic mass is 9.80. The van der Waals surface area contributed by atoms with Crippen molar-refractivity contribution in [2.75, 3.05) is 0 Å².